The summed E-state index contributed by atoms with van der Waals surface area (Å²) in [6.45, 7) is 6.82. The Balaban J connectivity index is 2.04. The first-order valence-electron chi connectivity index (χ1n) is 6.21. The molecule has 0 aliphatic rings. The molecule has 2 rings (SSSR count). The van der Waals surface area contributed by atoms with E-state index in [4.69, 9.17) is 16.0 Å². The maximum Gasteiger partial charge on any atom is 0.105 e. The standard InChI is InChI=1S/C15H17BrClNO/c1-9-6-14(11(3)19-9)10(2)18-8-12-4-5-13(16)7-15(12)17/h4-7,10,18H,8H2,1-3H3. The normalized spacial score (nSPS) is 12.7. The maximum absolute atomic E-state index is 6.21. The summed E-state index contributed by atoms with van der Waals surface area (Å²) in [6.07, 6.45) is 0. The van der Waals surface area contributed by atoms with Crippen molar-refractivity contribution in [3.63, 3.8) is 0 Å². The molecule has 0 fully saturated rings. The molecule has 1 N–H and O–H groups in total. The van der Waals surface area contributed by atoms with E-state index in [0.29, 0.717) is 0 Å². The van der Waals surface area contributed by atoms with Gasteiger partial charge in [-0.25, -0.2) is 0 Å². The highest BCUT2D eigenvalue weighted by atomic mass is 79.9. The Bertz CT molecular complexity index is 580. The lowest BCUT2D eigenvalue weighted by Crippen LogP contribution is -2.18. The Labute approximate surface area is 127 Å². The van der Waals surface area contributed by atoms with Crippen molar-refractivity contribution in [2.24, 2.45) is 0 Å². The molecule has 4 heteroatoms. The fraction of sp³-hybridized carbons (Fsp3) is 0.333. The van der Waals surface area contributed by atoms with E-state index < -0.39 is 0 Å². The Morgan fingerprint density at radius 3 is 2.63 bits per heavy atom. The van der Waals surface area contributed by atoms with Crippen molar-refractivity contribution < 1.29 is 4.42 Å². The van der Waals surface area contributed by atoms with Gasteiger partial charge in [0.05, 0.1) is 0 Å². The van der Waals surface area contributed by atoms with Gasteiger partial charge in [-0.2, -0.15) is 0 Å². The zero-order chi connectivity index (χ0) is 14.0. The summed E-state index contributed by atoms with van der Waals surface area (Å²) in [4.78, 5) is 0. The molecular formula is C15H17BrClNO. The zero-order valence-corrected chi connectivity index (χ0v) is 13.6. The van der Waals surface area contributed by atoms with Crippen LogP contribution in [-0.4, -0.2) is 0 Å². The third-order valence-corrected chi connectivity index (χ3v) is 4.00. The molecule has 0 amide bonds. The first-order chi connectivity index (χ1) is 8.97. The molecule has 0 radical (unpaired) electrons. The van der Waals surface area contributed by atoms with E-state index in [0.717, 1.165) is 33.1 Å². The summed E-state index contributed by atoms with van der Waals surface area (Å²) in [5.41, 5.74) is 2.29. The second kappa shape index (κ2) is 6.12. The number of halogens is 2. The lowest BCUT2D eigenvalue weighted by Gasteiger charge is -2.14. The summed E-state index contributed by atoms with van der Waals surface area (Å²) < 4.78 is 6.55. The van der Waals surface area contributed by atoms with Crippen molar-refractivity contribution in [2.75, 3.05) is 0 Å². The van der Waals surface area contributed by atoms with Crippen LogP contribution in [0.15, 0.2) is 33.2 Å². The molecule has 0 aliphatic carbocycles. The monoisotopic (exact) mass is 341 g/mol. The lowest BCUT2D eigenvalue weighted by molar-refractivity contribution is 0.489. The zero-order valence-electron chi connectivity index (χ0n) is 11.3. The smallest absolute Gasteiger partial charge is 0.105 e. The van der Waals surface area contributed by atoms with E-state index in [-0.39, 0.29) is 6.04 Å². The van der Waals surface area contributed by atoms with Crippen LogP contribution in [0.25, 0.3) is 0 Å². The van der Waals surface area contributed by atoms with Gasteiger partial charge >= 0.3 is 0 Å². The molecule has 2 nitrogen and oxygen atoms in total. The van der Waals surface area contributed by atoms with E-state index in [1.165, 1.54) is 5.56 Å². The predicted molar refractivity (Wildman–Crippen MR) is 82.6 cm³/mol. The molecule has 1 atom stereocenters. The van der Waals surface area contributed by atoms with Gasteiger partial charge in [-0.15, -0.1) is 0 Å². The quantitative estimate of drug-likeness (QED) is 0.830. The molecule has 0 saturated carbocycles. The SMILES string of the molecule is Cc1cc(C(C)NCc2ccc(Br)cc2Cl)c(C)o1. The average Bonchev–Trinajstić information content (AvgIpc) is 2.67. The topological polar surface area (TPSA) is 25.2 Å². The average molecular weight is 343 g/mol. The van der Waals surface area contributed by atoms with E-state index in [1.807, 2.05) is 32.0 Å². The molecule has 1 aromatic heterocycles. The fourth-order valence-corrected chi connectivity index (χ4v) is 2.86. The summed E-state index contributed by atoms with van der Waals surface area (Å²) in [7, 11) is 0. The van der Waals surface area contributed by atoms with Gasteiger partial charge in [0.25, 0.3) is 0 Å². The second-order valence-corrected chi connectivity index (χ2v) is 6.03. The minimum absolute atomic E-state index is 0.233. The van der Waals surface area contributed by atoms with Gasteiger partial charge in [0.15, 0.2) is 0 Å². The minimum atomic E-state index is 0.233. The van der Waals surface area contributed by atoms with Crippen LogP contribution in [0.4, 0.5) is 0 Å². The van der Waals surface area contributed by atoms with Crippen molar-refractivity contribution in [1.82, 2.24) is 5.32 Å². The number of nitrogens with one attached hydrogen (secondary N) is 1. The third-order valence-electron chi connectivity index (χ3n) is 3.16. The van der Waals surface area contributed by atoms with Crippen molar-refractivity contribution in [2.45, 2.75) is 33.4 Å². The largest absolute Gasteiger partial charge is 0.466 e. The van der Waals surface area contributed by atoms with Crippen molar-refractivity contribution >= 4 is 27.5 Å². The van der Waals surface area contributed by atoms with Crippen LogP contribution in [0.3, 0.4) is 0 Å². The number of rotatable bonds is 4. The number of aryl methyl sites for hydroxylation is 2. The Morgan fingerprint density at radius 1 is 1.32 bits per heavy atom. The van der Waals surface area contributed by atoms with Crippen LogP contribution in [0.1, 0.15) is 35.6 Å². The van der Waals surface area contributed by atoms with E-state index >= 15 is 0 Å². The fourth-order valence-electron chi connectivity index (χ4n) is 2.12. The molecule has 102 valence electrons. The molecule has 19 heavy (non-hydrogen) atoms. The van der Waals surface area contributed by atoms with E-state index in [2.05, 4.69) is 34.2 Å². The lowest BCUT2D eigenvalue weighted by atomic mass is 10.1. The molecule has 1 heterocycles. The Morgan fingerprint density at radius 2 is 2.05 bits per heavy atom. The van der Waals surface area contributed by atoms with Crippen LogP contribution in [-0.2, 0) is 6.54 Å². The molecule has 1 aromatic carbocycles. The van der Waals surface area contributed by atoms with Gasteiger partial charge in [-0.3, -0.25) is 0 Å². The van der Waals surface area contributed by atoms with Crippen LogP contribution in [0, 0.1) is 13.8 Å². The molecular weight excluding hydrogens is 326 g/mol. The van der Waals surface area contributed by atoms with Crippen LogP contribution >= 0.6 is 27.5 Å². The van der Waals surface area contributed by atoms with Crippen LogP contribution in [0.5, 0.6) is 0 Å². The molecule has 2 aromatic rings. The third kappa shape index (κ3) is 3.62. The number of hydrogen-bond donors (Lipinski definition) is 1. The van der Waals surface area contributed by atoms with Gasteiger partial charge < -0.3 is 9.73 Å². The molecule has 0 spiro atoms. The van der Waals surface area contributed by atoms with Gasteiger partial charge in [0.1, 0.15) is 11.5 Å². The Kier molecular flexibility index (Phi) is 4.71. The van der Waals surface area contributed by atoms with Crippen molar-refractivity contribution in [3.8, 4) is 0 Å². The van der Waals surface area contributed by atoms with Gasteiger partial charge in [-0.1, -0.05) is 33.6 Å². The highest BCUT2D eigenvalue weighted by molar-refractivity contribution is 9.10. The van der Waals surface area contributed by atoms with E-state index in [9.17, 15) is 0 Å². The number of benzene rings is 1. The first-order valence-corrected chi connectivity index (χ1v) is 7.38. The van der Waals surface area contributed by atoms with Crippen LogP contribution in [0.2, 0.25) is 5.02 Å². The summed E-state index contributed by atoms with van der Waals surface area (Å²) in [5.74, 6) is 1.92. The van der Waals surface area contributed by atoms with Crippen molar-refractivity contribution in [1.29, 1.82) is 0 Å². The van der Waals surface area contributed by atoms with Crippen molar-refractivity contribution in [3.05, 3.63) is 56.4 Å². The van der Waals surface area contributed by atoms with Gasteiger partial charge in [-0.05, 0) is 44.5 Å². The first kappa shape index (κ1) is 14.6. The number of furan rings is 1. The molecule has 1 unspecified atom stereocenters. The molecule has 0 bridgehead atoms. The summed E-state index contributed by atoms with van der Waals surface area (Å²) in [5, 5.41) is 4.24. The molecule has 0 saturated heterocycles. The predicted octanol–water partition coefficient (Wildman–Crippen LogP) is 5.16. The Hall–Kier alpha value is -0.770. The van der Waals surface area contributed by atoms with E-state index in [1.54, 1.807) is 0 Å². The maximum atomic E-state index is 6.21. The van der Waals surface area contributed by atoms with Gasteiger partial charge in [0.2, 0.25) is 0 Å². The highest BCUT2D eigenvalue weighted by Gasteiger charge is 2.12. The van der Waals surface area contributed by atoms with Crippen LogP contribution < -0.4 is 5.32 Å². The summed E-state index contributed by atoms with van der Waals surface area (Å²) in [6, 6.07) is 8.25. The highest BCUT2D eigenvalue weighted by Crippen LogP contribution is 2.24. The minimum Gasteiger partial charge on any atom is -0.466 e. The molecule has 0 aliphatic heterocycles. The number of hydrogen-bond acceptors (Lipinski definition) is 2. The second-order valence-electron chi connectivity index (χ2n) is 4.71. The summed E-state index contributed by atoms with van der Waals surface area (Å²) >= 11 is 9.61. The van der Waals surface area contributed by atoms with Gasteiger partial charge in [0, 0.05) is 27.6 Å².